The van der Waals surface area contributed by atoms with E-state index in [0.717, 1.165) is 12.8 Å². The number of nitrogens with one attached hydrogen (secondary N) is 1. The van der Waals surface area contributed by atoms with E-state index in [-0.39, 0.29) is 30.4 Å². The lowest BCUT2D eigenvalue weighted by Crippen LogP contribution is -2.29. The molecule has 0 unspecified atom stereocenters. The molecule has 0 atom stereocenters. The first-order valence-electron chi connectivity index (χ1n) is 6.49. The predicted molar refractivity (Wildman–Crippen MR) is 72.7 cm³/mol. The molecular formula is C14H19NO5. The highest BCUT2D eigenvalue weighted by Gasteiger charge is 2.05. The van der Waals surface area contributed by atoms with Gasteiger partial charge in [-0.05, 0) is 25.0 Å². The smallest absolute Gasteiger partial charge is 0.303 e. The van der Waals surface area contributed by atoms with Crippen LogP contribution in [0.3, 0.4) is 0 Å². The number of unbranched alkanes of at least 4 members (excludes halogenated alkanes) is 2. The maximum Gasteiger partial charge on any atom is 0.303 e. The number of aliphatic carboxylic acids is 1. The van der Waals surface area contributed by atoms with Crippen LogP contribution in [-0.2, 0) is 9.59 Å². The van der Waals surface area contributed by atoms with Crippen LogP contribution in [0, 0.1) is 0 Å². The minimum Gasteiger partial charge on any atom is -0.504 e. The topological polar surface area (TPSA) is 95.9 Å². The first-order valence-corrected chi connectivity index (χ1v) is 6.49. The molecule has 1 rings (SSSR count). The van der Waals surface area contributed by atoms with Gasteiger partial charge in [0, 0.05) is 13.0 Å². The van der Waals surface area contributed by atoms with Crippen LogP contribution in [0.5, 0.6) is 11.5 Å². The van der Waals surface area contributed by atoms with Crippen molar-refractivity contribution in [2.24, 2.45) is 0 Å². The number of hydrogen-bond donors (Lipinski definition) is 3. The third-order valence-corrected chi connectivity index (χ3v) is 2.61. The normalized spacial score (nSPS) is 10.0. The summed E-state index contributed by atoms with van der Waals surface area (Å²) < 4.78 is 5.17. The number of carbonyl (C=O) groups excluding carboxylic acids is 1. The number of amides is 1. The average molecular weight is 281 g/mol. The Kier molecular flexibility index (Phi) is 6.95. The zero-order valence-corrected chi connectivity index (χ0v) is 11.2. The van der Waals surface area contributed by atoms with Crippen molar-refractivity contribution in [3.05, 3.63) is 24.3 Å². The van der Waals surface area contributed by atoms with E-state index in [4.69, 9.17) is 9.84 Å². The van der Waals surface area contributed by atoms with Crippen LogP contribution in [0.25, 0.3) is 0 Å². The van der Waals surface area contributed by atoms with Crippen molar-refractivity contribution >= 4 is 11.9 Å². The molecule has 0 saturated carbocycles. The van der Waals surface area contributed by atoms with E-state index in [2.05, 4.69) is 5.32 Å². The Bertz CT molecular complexity index is 447. The summed E-state index contributed by atoms with van der Waals surface area (Å²) in [7, 11) is 0. The monoisotopic (exact) mass is 281 g/mol. The quantitative estimate of drug-likeness (QED) is 0.597. The summed E-state index contributed by atoms with van der Waals surface area (Å²) in [6, 6.07) is 6.43. The first kappa shape index (κ1) is 15.8. The molecule has 0 fully saturated rings. The van der Waals surface area contributed by atoms with E-state index in [0.29, 0.717) is 13.0 Å². The average Bonchev–Trinajstić information content (AvgIpc) is 2.41. The van der Waals surface area contributed by atoms with Gasteiger partial charge in [0.2, 0.25) is 0 Å². The fourth-order valence-electron chi connectivity index (χ4n) is 1.58. The predicted octanol–water partition coefficient (Wildman–Crippen LogP) is 1.53. The number of phenolic OH excluding ortho intramolecular Hbond substituents is 1. The van der Waals surface area contributed by atoms with Crippen molar-refractivity contribution in [3.63, 3.8) is 0 Å². The second-order valence-corrected chi connectivity index (χ2v) is 4.31. The zero-order valence-electron chi connectivity index (χ0n) is 11.2. The molecule has 6 nitrogen and oxygen atoms in total. The SMILES string of the molecule is O=C(O)CCCCCNC(=O)COc1ccccc1O. The molecule has 3 N–H and O–H groups in total. The summed E-state index contributed by atoms with van der Waals surface area (Å²) >= 11 is 0. The number of aromatic hydroxyl groups is 1. The van der Waals surface area contributed by atoms with E-state index >= 15 is 0 Å². The van der Waals surface area contributed by atoms with Crippen LogP contribution in [0.2, 0.25) is 0 Å². The summed E-state index contributed by atoms with van der Waals surface area (Å²) in [4.78, 5) is 21.7. The van der Waals surface area contributed by atoms with Crippen LogP contribution >= 0.6 is 0 Å². The molecule has 1 aromatic rings. The molecule has 0 radical (unpaired) electrons. The molecule has 0 bridgehead atoms. The number of para-hydroxylation sites is 2. The number of rotatable bonds is 9. The molecule has 110 valence electrons. The first-order chi connectivity index (χ1) is 9.59. The van der Waals surface area contributed by atoms with Gasteiger partial charge in [-0.15, -0.1) is 0 Å². The molecule has 0 aliphatic heterocycles. The molecule has 1 aromatic carbocycles. The highest BCUT2D eigenvalue weighted by atomic mass is 16.5. The highest BCUT2D eigenvalue weighted by Crippen LogP contribution is 2.23. The second kappa shape index (κ2) is 8.79. The Morgan fingerprint density at radius 3 is 2.60 bits per heavy atom. The summed E-state index contributed by atoms with van der Waals surface area (Å²) in [6.07, 6.45) is 2.26. The molecular weight excluding hydrogens is 262 g/mol. The molecule has 0 spiro atoms. The summed E-state index contributed by atoms with van der Waals surface area (Å²) in [5, 5.41) is 20.6. The lowest BCUT2D eigenvalue weighted by Gasteiger charge is -2.08. The molecule has 0 aliphatic rings. The summed E-state index contributed by atoms with van der Waals surface area (Å²) in [6.45, 7) is 0.329. The number of hydrogen-bond acceptors (Lipinski definition) is 4. The van der Waals surface area contributed by atoms with Crippen molar-refractivity contribution in [2.75, 3.05) is 13.2 Å². The largest absolute Gasteiger partial charge is 0.504 e. The van der Waals surface area contributed by atoms with E-state index < -0.39 is 5.97 Å². The molecule has 0 aliphatic carbocycles. The van der Waals surface area contributed by atoms with Crippen LogP contribution < -0.4 is 10.1 Å². The van der Waals surface area contributed by atoms with Gasteiger partial charge in [0.15, 0.2) is 18.1 Å². The van der Waals surface area contributed by atoms with Crippen molar-refractivity contribution in [1.29, 1.82) is 0 Å². The zero-order chi connectivity index (χ0) is 14.8. The number of carboxylic acid groups (broad SMARTS) is 1. The fourth-order valence-corrected chi connectivity index (χ4v) is 1.58. The summed E-state index contributed by atoms with van der Waals surface area (Å²) in [5.41, 5.74) is 0. The molecule has 0 heterocycles. The number of carbonyl (C=O) groups is 2. The van der Waals surface area contributed by atoms with Gasteiger partial charge in [0.1, 0.15) is 0 Å². The fraction of sp³-hybridized carbons (Fsp3) is 0.429. The van der Waals surface area contributed by atoms with Crippen LogP contribution in [0.15, 0.2) is 24.3 Å². The van der Waals surface area contributed by atoms with Crippen molar-refractivity contribution in [2.45, 2.75) is 25.7 Å². The molecule has 20 heavy (non-hydrogen) atoms. The Hall–Kier alpha value is -2.24. The number of carboxylic acids is 1. The van der Waals surface area contributed by atoms with Crippen molar-refractivity contribution in [3.8, 4) is 11.5 Å². The Balaban J connectivity index is 2.09. The highest BCUT2D eigenvalue weighted by molar-refractivity contribution is 5.77. The lowest BCUT2D eigenvalue weighted by atomic mass is 10.2. The van der Waals surface area contributed by atoms with Gasteiger partial charge in [-0.1, -0.05) is 18.6 Å². The van der Waals surface area contributed by atoms with E-state index in [1.807, 2.05) is 0 Å². The number of phenols is 1. The number of benzene rings is 1. The van der Waals surface area contributed by atoms with Gasteiger partial charge < -0.3 is 20.3 Å². The Labute approximate surface area is 117 Å². The standard InChI is InChI=1S/C14H19NO5/c16-11-6-3-4-7-12(11)20-10-13(17)15-9-5-1-2-8-14(18)19/h3-4,6-7,16H,1-2,5,8-10H2,(H,15,17)(H,18,19). The molecule has 0 aromatic heterocycles. The lowest BCUT2D eigenvalue weighted by molar-refractivity contribution is -0.137. The second-order valence-electron chi connectivity index (χ2n) is 4.31. The van der Waals surface area contributed by atoms with E-state index in [1.54, 1.807) is 18.2 Å². The van der Waals surface area contributed by atoms with Gasteiger partial charge in [0.25, 0.3) is 5.91 Å². The minimum absolute atomic E-state index is 0.00558. The van der Waals surface area contributed by atoms with Crippen molar-refractivity contribution in [1.82, 2.24) is 5.32 Å². The van der Waals surface area contributed by atoms with Gasteiger partial charge >= 0.3 is 5.97 Å². The van der Waals surface area contributed by atoms with Gasteiger partial charge in [-0.3, -0.25) is 9.59 Å². The molecule has 0 saturated heterocycles. The molecule has 6 heteroatoms. The van der Waals surface area contributed by atoms with E-state index in [9.17, 15) is 14.7 Å². The van der Waals surface area contributed by atoms with Crippen molar-refractivity contribution < 1.29 is 24.5 Å². The Morgan fingerprint density at radius 1 is 1.15 bits per heavy atom. The molecule has 1 amide bonds. The maximum absolute atomic E-state index is 11.5. The van der Waals surface area contributed by atoms with Gasteiger partial charge in [0.05, 0.1) is 0 Å². The summed E-state index contributed by atoms with van der Waals surface area (Å²) in [5.74, 6) is -0.810. The Morgan fingerprint density at radius 2 is 1.90 bits per heavy atom. The van der Waals surface area contributed by atoms with Crippen LogP contribution in [-0.4, -0.2) is 35.2 Å². The minimum atomic E-state index is -0.801. The van der Waals surface area contributed by atoms with E-state index in [1.165, 1.54) is 6.07 Å². The van der Waals surface area contributed by atoms with Gasteiger partial charge in [-0.2, -0.15) is 0 Å². The third-order valence-electron chi connectivity index (χ3n) is 2.61. The third kappa shape index (κ3) is 6.63. The maximum atomic E-state index is 11.5. The van der Waals surface area contributed by atoms with Crippen LogP contribution in [0.1, 0.15) is 25.7 Å². The van der Waals surface area contributed by atoms with Gasteiger partial charge in [-0.25, -0.2) is 0 Å². The number of ether oxygens (including phenoxy) is 1. The van der Waals surface area contributed by atoms with Crippen LogP contribution in [0.4, 0.5) is 0 Å².